The predicted octanol–water partition coefficient (Wildman–Crippen LogP) is 5.49. The summed E-state index contributed by atoms with van der Waals surface area (Å²) >= 11 is 0. The van der Waals surface area contributed by atoms with Crippen LogP contribution in [0, 0.1) is 11.8 Å². The second-order valence-electron chi connectivity index (χ2n) is 10.5. The van der Waals surface area contributed by atoms with Gasteiger partial charge in [-0.05, 0) is 47.7 Å². The third-order valence-electron chi connectivity index (χ3n) is 6.16. The Labute approximate surface area is 241 Å². The molecule has 2 atom stereocenters. The van der Waals surface area contributed by atoms with Gasteiger partial charge in [-0.15, -0.1) is 0 Å². The Balaban J connectivity index is 1.94. The molecule has 10 heteroatoms. The lowest BCUT2D eigenvalue weighted by Crippen LogP contribution is -2.38. The lowest BCUT2D eigenvalue weighted by atomic mass is 10.0. The molecule has 0 aliphatic carbocycles. The average Bonchev–Trinajstić information content (AvgIpc) is 2.92. The quantitative estimate of drug-likeness (QED) is 0.309. The van der Waals surface area contributed by atoms with Gasteiger partial charge in [0.1, 0.15) is 13.2 Å². The van der Waals surface area contributed by atoms with Crippen LogP contribution in [0.4, 0.5) is 0 Å². The van der Waals surface area contributed by atoms with Gasteiger partial charge in [0.2, 0.25) is 11.5 Å². The molecule has 0 radical (unpaired) electrons. The number of hydrogen-bond donors (Lipinski definition) is 1. The first kappa shape index (κ1) is 31.4. The van der Waals surface area contributed by atoms with E-state index < -0.39 is 12.2 Å². The van der Waals surface area contributed by atoms with E-state index in [9.17, 15) is 14.7 Å². The van der Waals surface area contributed by atoms with Crippen LogP contribution in [0.3, 0.4) is 0 Å². The molecule has 0 aromatic heterocycles. The van der Waals surface area contributed by atoms with Crippen molar-refractivity contribution in [3.8, 4) is 34.5 Å². The van der Waals surface area contributed by atoms with E-state index in [1.807, 2.05) is 27.7 Å². The highest BCUT2D eigenvalue weighted by atomic mass is 16.6. The molecule has 224 valence electrons. The fourth-order valence-corrected chi connectivity index (χ4v) is 4.24. The summed E-state index contributed by atoms with van der Waals surface area (Å²) in [4.78, 5) is 24.2. The van der Waals surface area contributed by atoms with E-state index >= 15 is 0 Å². The van der Waals surface area contributed by atoms with Crippen molar-refractivity contribution in [2.45, 2.75) is 52.7 Å². The zero-order chi connectivity index (χ0) is 30.1. The SMILES string of the molecule is COc1cc([C@@H]2Oc3cc(/C=C/COC(=O)CC(C)C)cc(OC)c3O[C@@H]2COC(=O)CC(C)C)cc(OC)c1O. The number of ether oxygens (including phenoxy) is 7. The third kappa shape index (κ3) is 8.45. The summed E-state index contributed by atoms with van der Waals surface area (Å²) < 4.78 is 39.9. The molecule has 0 saturated carbocycles. The van der Waals surface area contributed by atoms with Gasteiger partial charge >= 0.3 is 11.9 Å². The lowest BCUT2D eigenvalue weighted by molar-refractivity contribution is -0.149. The van der Waals surface area contributed by atoms with Crippen molar-refractivity contribution in [1.82, 2.24) is 0 Å². The summed E-state index contributed by atoms with van der Waals surface area (Å²) in [6, 6.07) is 6.77. The molecular weight excluding hydrogens is 532 g/mol. The summed E-state index contributed by atoms with van der Waals surface area (Å²) in [6.07, 6.45) is 2.62. The molecule has 1 aliphatic rings. The van der Waals surface area contributed by atoms with Gasteiger partial charge in [-0.3, -0.25) is 9.59 Å². The van der Waals surface area contributed by atoms with Gasteiger partial charge in [-0.1, -0.05) is 33.8 Å². The Hall–Kier alpha value is -4.08. The average molecular weight is 573 g/mol. The van der Waals surface area contributed by atoms with Crippen LogP contribution in [0.1, 0.15) is 57.8 Å². The predicted molar refractivity (Wildman–Crippen MR) is 152 cm³/mol. The van der Waals surface area contributed by atoms with E-state index in [-0.39, 0.29) is 60.7 Å². The molecule has 3 rings (SSSR count). The monoisotopic (exact) mass is 572 g/mol. The van der Waals surface area contributed by atoms with Crippen LogP contribution in [0.25, 0.3) is 6.08 Å². The van der Waals surface area contributed by atoms with E-state index in [0.29, 0.717) is 29.2 Å². The molecule has 41 heavy (non-hydrogen) atoms. The first-order chi connectivity index (χ1) is 19.6. The normalized spacial score (nSPS) is 16.1. The second kappa shape index (κ2) is 14.5. The van der Waals surface area contributed by atoms with Crippen molar-refractivity contribution in [3.63, 3.8) is 0 Å². The van der Waals surface area contributed by atoms with Gasteiger partial charge in [0.05, 0.1) is 21.3 Å². The van der Waals surface area contributed by atoms with Crippen LogP contribution >= 0.6 is 0 Å². The van der Waals surface area contributed by atoms with Crippen LogP contribution in [0.15, 0.2) is 30.3 Å². The molecule has 0 spiro atoms. The molecule has 2 aromatic rings. The first-order valence-corrected chi connectivity index (χ1v) is 13.5. The number of fused-ring (bicyclic) bond motifs is 1. The molecule has 0 fully saturated rings. The Bertz CT molecular complexity index is 1210. The van der Waals surface area contributed by atoms with Gasteiger partial charge < -0.3 is 38.3 Å². The fraction of sp³-hybridized carbons (Fsp3) is 0.484. The number of methoxy groups -OCH3 is 3. The molecular formula is C31H40O10. The molecule has 0 saturated heterocycles. The Morgan fingerprint density at radius 3 is 2.00 bits per heavy atom. The van der Waals surface area contributed by atoms with E-state index in [0.717, 1.165) is 5.56 Å². The van der Waals surface area contributed by atoms with Crippen molar-refractivity contribution < 1.29 is 47.9 Å². The second-order valence-corrected chi connectivity index (χ2v) is 10.5. The van der Waals surface area contributed by atoms with Crippen molar-refractivity contribution >= 4 is 18.0 Å². The number of carbonyl (C=O) groups excluding carboxylic acids is 2. The van der Waals surface area contributed by atoms with Gasteiger partial charge in [0, 0.05) is 18.4 Å². The molecule has 1 heterocycles. The van der Waals surface area contributed by atoms with Crippen molar-refractivity contribution in [3.05, 3.63) is 41.5 Å². The van der Waals surface area contributed by atoms with E-state index in [1.54, 1.807) is 36.4 Å². The summed E-state index contributed by atoms with van der Waals surface area (Å²) in [7, 11) is 4.38. The van der Waals surface area contributed by atoms with Gasteiger partial charge in [-0.25, -0.2) is 0 Å². The number of esters is 2. The number of rotatable bonds is 13. The first-order valence-electron chi connectivity index (χ1n) is 13.5. The molecule has 1 aliphatic heterocycles. The molecule has 2 aromatic carbocycles. The minimum atomic E-state index is -0.765. The Morgan fingerprint density at radius 2 is 1.44 bits per heavy atom. The van der Waals surface area contributed by atoms with Crippen molar-refractivity contribution in [2.24, 2.45) is 11.8 Å². The largest absolute Gasteiger partial charge is 0.502 e. The highest BCUT2D eigenvalue weighted by molar-refractivity contribution is 5.70. The molecule has 0 bridgehead atoms. The zero-order valence-electron chi connectivity index (χ0n) is 24.7. The van der Waals surface area contributed by atoms with E-state index in [4.69, 9.17) is 33.2 Å². The molecule has 1 N–H and O–H groups in total. The minimum Gasteiger partial charge on any atom is -0.502 e. The number of phenolic OH excluding ortho intramolecular Hbond substituents is 1. The maximum absolute atomic E-state index is 12.4. The smallest absolute Gasteiger partial charge is 0.306 e. The van der Waals surface area contributed by atoms with Crippen LogP contribution in [0.2, 0.25) is 0 Å². The standard InChI is InChI=1S/C31H40O10/c1-18(2)11-27(32)38-10-8-9-20-13-24(37-7)31-25(14-20)40-30(26(41-31)17-39-28(33)12-19(3)4)21-15-22(35-5)29(34)23(16-21)36-6/h8-9,13-16,18-19,26,30,34H,10-12,17H2,1-7H3/b9-8+/t26-,30+/m1/s1. The zero-order valence-corrected chi connectivity index (χ0v) is 24.7. The number of aromatic hydroxyl groups is 1. The number of hydrogen-bond acceptors (Lipinski definition) is 10. The summed E-state index contributed by atoms with van der Waals surface area (Å²) in [5, 5.41) is 10.4. The topological polar surface area (TPSA) is 119 Å². The molecule has 0 amide bonds. The summed E-state index contributed by atoms with van der Waals surface area (Å²) in [5.41, 5.74) is 1.30. The van der Waals surface area contributed by atoms with Crippen LogP contribution in [-0.2, 0) is 19.1 Å². The van der Waals surface area contributed by atoms with Gasteiger partial charge in [0.25, 0.3) is 0 Å². The van der Waals surface area contributed by atoms with Crippen LogP contribution < -0.4 is 23.7 Å². The summed E-state index contributed by atoms with van der Waals surface area (Å²) in [6.45, 7) is 7.81. The van der Waals surface area contributed by atoms with Crippen LogP contribution in [-0.4, -0.2) is 57.7 Å². The van der Waals surface area contributed by atoms with Gasteiger partial charge in [-0.2, -0.15) is 0 Å². The molecule has 10 nitrogen and oxygen atoms in total. The fourth-order valence-electron chi connectivity index (χ4n) is 4.24. The van der Waals surface area contributed by atoms with Crippen LogP contribution in [0.5, 0.6) is 34.5 Å². The van der Waals surface area contributed by atoms with E-state index in [1.165, 1.54) is 21.3 Å². The highest BCUT2D eigenvalue weighted by Crippen LogP contribution is 2.48. The van der Waals surface area contributed by atoms with Gasteiger partial charge in [0.15, 0.2) is 35.2 Å². The highest BCUT2D eigenvalue weighted by Gasteiger charge is 2.37. The Morgan fingerprint density at radius 1 is 0.854 bits per heavy atom. The minimum absolute atomic E-state index is 0.0896. The number of benzene rings is 2. The lowest BCUT2D eigenvalue weighted by Gasteiger charge is -2.35. The third-order valence-corrected chi connectivity index (χ3v) is 6.16. The summed E-state index contributed by atoms with van der Waals surface area (Å²) in [5.74, 6) is 1.12. The van der Waals surface area contributed by atoms with Crippen molar-refractivity contribution in [1.29, 1.82) is 0 Å². The number of carbonyl (C=O) groups is 2. The Kier molecular flexibility index (Phi) is 11.1. The molecule has 0 unspecified atom stereocenters. The maximum atomic E-state index is 12.4. The van der Waals surface area contributed by atoms with E-state index in [2.05, 4.69) is 0 Å². The van der Waals surface area contributed by atoms with Crippen molar-refractivity contribution in [2.75, 3.05) is 34.5 Å². The number of phenols is 1. The maximum Gasteiger partial charge on any atom is 0.306 e.